The fourth-order valence-corrected chi connectivity index (χ4v) is 4.83. The predicted molar refractivity (Wildman–Crippen MR) is 121 cm³/mol. The number of non-ortho nitro benzene ring substituents is 1. The number of nitro groups is 1. The minimum atomic E-state index is -0.526. The summed E-state index contributed by atoms with van der Waals surface area (Å²) >= 11 is 1.35. The smallest absolute Gasteiger partial charge is 0.350 e. The highest BCUT2D eigenvalue weighted by Crippen LogP contribution is 2.28. The first-order chi connectivity index (χ1) is 15.4. The third kappa shape index (κ3) is 4.67. The van der Waals surface area contributed by atoms with Crippen molar-refractivity contribution >= 4 is 46.7 Å². The van der Waals surface area contributed by atoms with E-state index in [1.165, 1.54) is 28.8 Å². The highest BCUT2D eigenvalue weighted by atomic mass is 32.2. The maximum Gasteiger partial charge on any atom is 0.350 e. The summed E-state index contributed by atoms with van der Waals surface area (Å²) in [6, 6.07) is 5.90. The van der Waals surface area contributed by atoms with Crippen LogP contribution in [0.4, 0.5) is 16.2 Å². The summed E-state index contributed by atoms with van der Waals surface area (Å²) in [5.74, 6) is -0.177. The largest absolute Gasteiger partial charge is 0.368 e. The zero-order valence-corrected chi connectivity index (χ0v) is 18.2. The van der Waals surface area contributed by atoms with Crippen molar-refractivity contribution < 1.29 is 19.3 Å². The maximum atomic E-state index is 12.5. The molecule has 0 saturated carbocycles. The number of aliphatic imine (C=N–C) groups is 1. The molecule has 1 saturated heterocycles. The van der Waals surface area contributed by atoms with Gasteiger partial charge in [-0.25, -0.2) is 4.79 Å². The molecule has 1 unspecified atom stereocenters. The van der Waals surface area contributed by atoms with Gasteiger partial charge >= 0.3 is 6.03 Å². The molecule has 3 aliphatic heterocycles. The number of rotatable bonds is 7. The maximum absolute atomic E-state index is 12.5. The fraction of sp³-hybridized carbons (Fsp3) is 0.429. The van der Waals surface area contributed by atoms with Crippen LogP contribution < -0.4 is 4.90 Å². The summed E-state index contributed by atoms with van der Waals surface area (Å²) in [5, 5.41) is 12.1. The second-order valence-electron chi connectivity index (χ2n) is 7.73. The van der Waals surface area contributed by atoms with Crippen LogP contribution in [0.3, 0.4) is 0 Å². The van der Waals surface area contributed by atoms with E-state index in [1.807, 2.05) is 4.90 Å². The summed E-state index contributed by atoms with van der Waals surface area (Å²) in [6.07, 6.45) is 3.21. The number of benzene rings is 1. The van der Waals surface area contributed by atoms with Gasteiger partial charge in [0.05, 0.1) is 10.6 Å². The molecule has 32 heavy (non-hydrogen) atoms. The minimum Gasteiger partial charge on any atom is -0.368 e. The van der Waals surface area contributed by atoms with Crippen LogP contribution in [0.1, 0.15) is 19.3 Å². The lowest BCUT2D eigenvalue weighted by Gasteiger charge is -2.36. The molecule has 4 rings (SSSR count). The summed E-state index contributed by atoms with van der Waals surface area (Å²) in [4.78, 5) is 56.5. The van der Waals surface area contributed by atoms with Gasteiger partial charge in [-0.2, -0.15) is 4.99 Å². The van der Waals surface area contributed by atoms with Crippen LogP contribution in [-0.2, 0) is 9.59 Å². The van der Waals surface area contributed by atoms with E-state index in [4.69, 9.17) is 0 Å². The normalized spacial score (nSPS) is 20.4. The van der Waals surface area contributed by atoms with E-state index in [2.05, 4.69) is 9.89 Å². The van der Waals surface area contributed by atoms with Gasteiger partial charge in [-0.05, 0) is 36.5 Å². The average molecular weight is 458 g/mol. The van der Waals surface area contributed by atoms with E-state index in [0.29, 0.717) is 51.2 Å². The topological polar surface area (TPSA) is 116 Å². The molecule has 0 aromatic heterocycles. The van der Waals surface area contributed by atoms with Gasteiger partial charge in [0, 0.05) is 57.0 Å². The van der Waals surface area contributed by atoms with Gasteiger partial charge in [0.2, 0.25) is 11.8 Å². The van der Waals surface area contributed by atoms with Gasteiger partial charge in [-0.3, -0.25) is 24.6 Å². The number of thioether (sulfide) groups is 1. The highest BCUT2D eigenvalue weighted by Gasteiger charge is 2.38. The number of nitrogens with zero attached hydrogens (tertiary/aromatic N) is 5. The molecule has 0 N–H and O–H groups in total. The number of carbonyl (C=O) groups is 3. The second kappa shape index (κ2) is 9.51. The number of hydrogen-bond donors (Lipinski definition) is 0. The molecule has 3 heterocycles. The van der Waals surface area contributed by atoms with E-state index in [1.54, 1.807) is 23.6 Å². The Hall–Kier alpha value is -3.21. The lowest BCUT2D eigenvalue weighted by molar-refractivity contribution is -0.384. The summed E-state index contributed by atoms with van der Waals surface area (Å²) in [7, 11) is 0. The highest BCUT2D eigenvalue weighted by molar-refractivity contribution is 8.04. The van der Waals surface area contributed by atoms with Crippen LogP contribution in [0.15, 0.2) is 40.7 Å². The van der Waals surface area contributed by atoms with Crippen LogP contribution in [0.25, 0.3) is 0 Å². The van der Waals surface area contributed by atoms with Crippen molar-refractivity contribution in [2.24, 2.45) is 4.99 Å². The van der Waals surface area contributed by atoms with Crippen LogP contribution in [0.5, 0.6) is 0 Å². The third-order valence-electron chi connectivity index (χ3n) is 5.75. The zero-order chi connectivity index (χ0) is 22.7. The lowest BCUT2D eigenvalue weighted by atomic mass is 10.1. The number of allylic oxidation sites excluding steroid dienone is 1. The van der Waals surface area contributed by atoms with Crippen molar-refractivity contribution in [1.29, 1.82) is 0 Å². The molecular weight excluding hydrogens is 434 g/mol. The Labute approximate surface area is 189 Å². The number of hydrogen-bond acceptors (Lipinski definition) is 7. The Morgan fingerprint density at radius 2 is 1.84 bits per heavy atom. The van der Waals surface area contributed by atoms with E-state index in [-0.39, 0.29) is 24.0 Å². The molecule has 11 heteroatoms. The minimum absolute atomic E-state index is 0.0560. The van der Waals surface area contributed by atoms with Gasteiger partial charge in [-0.15, -0.1) is 11.8 Å². The molecule has 1 fully saturated rings. The Morgan fingerprint density at radius 3 is 2.53 bits per heavy atom. The number of unbranched alkanes of at least 4 members (excludes halogenated alkanes) is 1. The summed E-state index contributed by atoms with van der Waals surface area (Å²) < 4.78 is 0. The number of imide groups is 1. The Morgan fingerprint density at radius 1 is 1.12 bits per heavy atom. The Kier molecular flexibility index (Phi) is 6.54. The van der Waals surface area contributed by atoms with E-state index in [9.17, 15) is 24.5 Å². The van der Waals surface area contributed by atoms with Crippen molar-refractivity contribution in [1.82, 2.24) is 9.80 Å². The molecular formula is C21H23N5O5S. The monoisotopic (exact) mass is 457 g/mol. The third-order valence-corrected chi connectivity index (χ3v) is 6.76. The van der Waals surface area contributed by atoms with Crippen molar-refractivity contribution in [2.75, 3.05) is 37.6 Å². The van der Waals surface area contributed by atoms with Gasteiger partial charge in [-0.1, -0.05) is 0 Å². The first-order valence-electron chi connectivity index (χ1n) is 10.5. The van der Waals surface area contributed by atoms with Crippen LogP contribution in [0.2, 0.25) is 0 Å². The molecule has 168 valence electrons. The summed E-state index contributed by atoms with van der Waals surface area (Å²) in [6.45, 7) is 2.76. The van der Waals surface area contributed by atoms with Crippen molar-refractivity contribution in [3.63, 3.8) is 0 Å². The molecule has 0 aliphatic carbocycles. The predicted octanol–water partition coefficient (Wildman–Crippen LogP) is 2.45. The van der Waals surface area contributed by atoms with Crippen molar-refractivity contribution in [2.45, 2.75) is 24.5 Å². The van der Waals surface area contributed by atoms with Crippen molar-refractivity contribution in [3.8, 4) is 0 Å². The van der Waals surface area contributed by atoms with Gasteiger partial charge < -0.3 is 9.80 Å². The Bertz CT molecular complexity index is 985. The molecule has 0 radical (unpaired) electrons. The van der Waals surface area contributed by atoms with Crippen LogP contribution in [0, 0.1) is 10.1 Å². The number of piperazine rings is 1. The number of urea groups is 1. The lowest BCUT2D eigenvalue weighted by Crippen LogP contribution is -2.49. The number of carbonyl (C=O) groups excluding carboxylic acids is 3. The molecule has 4 amide bonds. The van der Waals surface area contributed by atoms with Crippen LogP contribution in [-0.4, -0.2) is 76.3 Å². The molecule has 10 nitrogen and oxygen atoms in total. The standard InChI is InChI=1S/C21H23N5O5S/c27-18(3-1-2-9-25-20(28)19-17(8-14-32-19)22-21(25)29)24-12-10-23(11-13-24)15-4-6-16(7-5-15)26(30)31/h4-8,14,19H,1-3,9-13H2. The molecule has 0 spiro atoms. The fourth-order valence-electron chi connectivity index (χ4n) is 3.94. The molecule has 3 aliphatic rings. The number of nitro benzene ring substituents is 1. The number of anilines is 1. The van der Waals surface area contributed by atoms with E-state index >= 15 is 0 Å². The Balaban J connectivity index is 1.18. The zero-order valence-electron chi connectivity index (χ0n) is 17.4. The molecule has 0 bridgehead atoms. The molecule has 1 aromatic rings. The average Bonchev–Trinajstić information content (AvgIpc) is 3.27. The van der Waals surface area contributed by atoms with Crippen molar-refractivity contribution in [3.05, 3.63) is 45.9 Å². The first-order valence-corrected chi connectivity index (χ1v) is 11.4. The van der Waals surface area contributed by atoms with Crippen LogP contribution >= 0.6 is 11.8 Å². The van der Waals surface area contributed by atoms with E-state index in [0.717, 1.165) is 5.69 Å². The second-order valence-corrected chi connectivity index (χ2v) is 8.74. The van der Waals surface area contributed by atoms with Gasteiger partial charge in [0.25, 0.3) is 5.69 Å². The first kappa shape index (κ1) is 22.0. The number of fused-ring (bicyclic) bond motifs is 1. The van der Waals surface area contributed by atoms with Gasteiger partial charge in [0.1, 0.15) is 5.25 Å². The molecule has 1 atom stereocenters. The molecule has 1 aromatic carbocycles. The summed E-state index contributed by atoms with van der Waals surface area (Å²) in [5.41, 5.74) is 1.48. The SMILES string of the molecule is O=C(CCCCN1C(=O)N=C2C=CSC2C1=O)N1CCN(c2ccc([N+](=O)[O-])cc2)CC1. The quantitative estimate of drug-likeness (QED) is 0.351. The number of amides is 4. The van der Waals surface area contributed by atoms with E-state index < -0.39 is 16.2 Å². The van der Waals surface area contributed by atoms with Gasteiger partial charge in [0.15, 0.2) is 0 Å².